The van der Waals surface area contributed by atoms with E-state index in [0.29, 0.717) is 61.5 Å². The summed E-state index contributed by atoms with van der Waals surface area (Å²) in [5, 5.41) is 0.471. The van der Waals surface area contributed by atoms with Crippen LogP contribution in [0.15, 0.2) is 42.5 Å². The number of pyridine rings is 1. The van der Waals surface area contributed by atoms with Crippen molar-refractivity contribution in [2.75, 3.05) is 34.0 Å². The molecule has 3 heterocycles. The van der Waals surface area contributed by atoms with Crippen molar-refractivity contribution >= 4 is 17.5 Å². The molecule has 0 N–H and O–H groups in total. The number of amides is 1. The van der Waals surface area contributed by atoms with Crippen LogP contribution < -0.4 is 9.47 Å². The summed E-state index contributed by atoms with van der Waals surface area (Å²) in [4.78, 5) is 20.5. The van der Waals surface area contributed by atoms with Crippen LogP contribution in [0.5, 0.6) is 11.6 Å². The Morgan fingerprint density at radius 3 is 2.67 bits per heavy atom. The summed E-state index contributed by atoms with van der Waals surface area (Å²) < 4.78 is 23.4. The Hall–Kier alpha value is -3.13. The molecule has 7 nitrogen and oxygen atoms in total. The first-order valence-corrected chi connectivity index (χ1v) is 13.7. The molecule has 0 bridgehead atoms. The summed E-state index contributed by atoms with van der Waals surface area (Å²) in [6.45, 7) is 6.49. The lowest BCUT2D eigenvalue weighted by Crippen LogP contribution is -2.38. The normalized spacial score (nSPS) is 17.7. The van der Waals surface area contributed by atoms with E-state index < -0.39 is 0 Å². The predicted octanol–water partition coefficient (Wildman–Crippen LogP) is 5.86. The van der Waals surface area contributed by atoms with Crippen molar-refractivity contribution in [1.82, 2.24) is 9.88 Å². The zero-order chi connectivity index (χ0) is 27.5. The number of hydrogen-bond donors (Lipinski definition) is 0. The highest BCUT2D eigenvalue weighted by atomic mass is 35.5. The zero-order valence-corrected chi connectivity index (χ0v) is 23.7. The Bertz CT molecular complexity index is 1340. The smallest absolute Gasteiger partial charge is 0.255 e. The van der Waals surface area contributed by atoms with Crippen LogP contribution in [0.1, 0.15) is 56.4 Å². The number of halogens is 1. The number of aromatic nitrogens is 1. The van der Waals surface area contributed by atoms with Crippen LogP contribution >= 0.6 is 11.6 Å². The van der Waals surface area contributed by atoms with Gasteiger partial charge in [-0.2, -0.15) is 0 Å². The van der Waals surface area contributed by atoms with E-state index in [1.807, 2.05) is 55.1 Å². The van der Waals surface area contributed by atoms with Crippen LogP contribution in [0, 0.1) is 19.8 Å². The summed E-state index contributed by atoms with van der Waals surface area (Å²) in [6, 6.07) is 13.9. The number of methoxy groups -OCH3 is 2. The van der Waals surface area contributed by atoms with Gasteiger partial charge in [0, 0.05) is 43.5 Å². The highest BCUT2D eigenvalue weighted by molar-refractivity contribution is 6.35. The molecule has 1 fully saturated rings. The summed E-state index contributed by atoms with van der Waals surface area (Å²) in [6.07, 6.45) is 1.38. The molecule has 2 aliphatic rings. The van der Waals surface area contributed by atoms with E-state index in [1.54, 1.807) is 14.2 Å². The average Bonchev–Trinajstić information content (AvgIpc) is 3.47. The van der Waals surface area contributed by atoms with Gasteiger partial charge in [0.05, 0.1) is 42.5 Å². The van der Waals surface area contributed by atoms with E-state index in [0.717, 1.165) is 39.9 Å². The molecule has 0 spiro atoms. The maximum absolute atomic E-state index is 14.0. The lowest BCUT2D eigenvalue weighted by atomic mass is 9.87. The van der Waals surface area contributed by atoms with E-state index in [1.165, 1.54) is 0 Å². The number of hydrogen-bond acceptors (Lipinski definition) is 6. The molecule has 0 unspecified atom stereocenters. The fraction of sp³-hybridized carbons (Fsp3) is 0.419. The van der Waals surface area contributed by atoms with Crippen molar-refractivity contribution in [1.29, 1.82) is 0 Å². The van der Waals surface area contributed by atoms with E-state index >= 15 is 0 Å². The molecule has 8 heteroatoms. The van der Waals surface area contributed by atoms with Gasteiger partial charge >= 0.3 is 0 Å². The molecule has 2 aromatic carbocycles. The van der Waals surface area contributed by atoms with Crippen molar-refractivity contribution < 1.29 is 23.7 Å². The molecule has 1 amide bonds. The third-order valence-corrected chi connectivity index (χ3v) is 8.08. The second-order valence-corrected chi connectivity index (χ2v) is 10.6. The number of rotatable bonds is 9. The van der Waals surface area contributed by atoms with Crippen molar-refractivity contribution in [2.45, 2.75) is 45.9 Å². The molecule has 1 saturated heterocycles. The minimum Gasteiger partial charge on any atom is -0.496 e. The predicted molar refractivity (Wildman–Crippen MR) is 150 cm³/mol. The molecular formula is C31H35ClN2O5. The molecule has 206 valence electrons. The number of carbonyl (C=O) groups excluding carboxylic acids is 1. The molecule has 0 aliphatic carbocycles. The van der Waals surface area contributed by atoms with Crippen molar-refractivity contribution in [2.24, 2.45) is 5.92 Å². The van der Waals surface area contributed by atoms with Gasteiger partial charge in [0.1, 0.15) is 12.4 Å². The van der Waals surface area contributed by atoms with Crippen molar-refractivity contribution in [3.05, 3.63) is 86.6 Å². The number of aryl methyl sites for hydroxylation is 2. The monoisotopic (exact) mass is 550 g/mol. The van der Waals surface area contributed by atoms with Gasteiger partial charge in [-0.1, -0.05) is 48.0 Å². The van der Waals surface area contributed by atoms with E-state index in [4.69, 9.17) is 30.5 Å². The minimum absolute atomic E-state index is 0.111. The van der Waals surface area contributed by atoms with Gasteiger partial charge in [-0.25, -0.2) is 4.98 Å². The second kappa shape index (κ2) is 11.9. The summed E-state index contributed by atoms with van der Waals surface area (Å²) in [5.74, 6) is 1.19. The van der Waals surface area contributed by atoms with E-state index in [-0.39, 0.29) is 17.9 Å². The lowest BCUT2D eigenvalue weighted by Gasteiger charge is -2.33. The first-order valence-electron chi connectivity index (χ1n) is 13.3. The largest absolute Gasteiger partial charge is 0.496 e. The van der Waals surface area contributed by atoms with Gasteiger partial charge < -0.3 is 23.8 Å². The van der Waals surface area contributed by atoms with Gasteiger partial charge in [0.25, 0.3) is 5.91 Å². The maximum atomic E-state index is 14.0. The molecule has 1 aromatic heterocycles. The molecule has 2 aliphatic heterocycles. The Morgan fingerprint density at radius 1 is 1.18 bits per heavy atom. The van der Waals surface area contributed by atoms with Gasteiger partial charge in [-0.15, -0.1) is 0 Å². The zero-order valence-electron chi connectivity index (χ0n) is 23.0. The minimum atomic E-state index is -0.230. The van der Waals surface area contributed by atoms with Gasteiger partial charge in [-0.3, -0.25) is 4.79 Å². The summed E-state index contributed by atoms with van der Waals surface area (Å²) in [7, 11) is 3.31. The Labute approximate surface area is 235 Å². The first-order chi connectivity index (χ1) is 18.9. The van der Waals surface area contributed by atoms with Gasteiger partial charge in [0.2, 0.25) is 5.88 Å². The van der Waals surface area contributed by atoms with Crippen LogP contribution in [0.3, 0.4) is 0 Å². The fourth-order valence-corrected chi connectivity index (χ4v) is 6.00. The molecule has 5 rings (SSSR count). The molecule has 0 saturated carbocycles. The lowest BCUT2D eigenvalue weighted by molar-refractivity contribution is 0.0443. The number of carbonyl (C=O) groups is 1. The standard InChI is InChI=1S/C31H35ClN2O5/c1-19-14-24(29(37-4)22-11-13-38-18-22)28(32)27-23(19)10-12-34(31(27)35)16-25-26(36-3)15-20(2)33-30(25)39-17-21-8-6-5-7-9-21/h5-9,14-15,22,29H,10-13,16-18H2,1-4H3/t22-,29-/m1/s1. The molecule has 2 atom stereocenters. The summed E-state index contributed by atoms with van der Waals surface area (Å²) >= 11 is 7.01. The highest BCUT2D eigenvalue weighted by Gasteiger charge is 2.35. The number of benzene rings is 2. The molecule has 3 aromatic rings. The van der Waals surface area contributed by atoms with Crippen molar-refractivity contribution in [3.63, 3.8) is 0 Å². The molecule has 0 radical (unpaired) electrons. The van der Waals surface area contributed by atoms with Crippen LogP contribution in [0.2, 0.25) is 5.02 Å². The Morgan fingerprint density at radius 2 is 1.97 bits per heavy atom. The van der Waals surface area contributed by atoms with Crippen LogP contribution in [-0.2, 0) is 29.0 Å². The quantitative estimate of drug-likeness (QED) is 0.332. The van der Waals surface area contributed by atoms with Crippen LogP contribution in [-0.4, -0.2) is 49.8 Å². The number of fused-ring (bicyclic) bond motifs is 1. The van der Waals surface area contributed by atoms with E-state index in [2.05, 4.69) is 11.1 Å². The number of ether oxygens (including phenoxy) is 4. The molecule has 39 heavy (non-hydrogen) atoms. The average molecular weight is 551 g/mol. The Kier molecular flexibility index (Phi) is 8.40. The number of nitrogens with zero attached hydrogens (tertiary/aromatic N) is 2. The topological polar surface area (TPSA) is 70.1 Å². The van der Waals surface area contributed by atoms with Crippen LogP contribution in [0.25, 0.3) is 0 Å². The molecular weight excluding hydrogens is 516 g/mol. The SMILES string of the molecule is COc1cc(C)nc(OCc2ccccc2)c1CN1CCc2c(C)cc([C@H](OC)[C@@H]3CCOC3)c(Cl)c2C1=O. The first kappa shape index (κ1) is 27.4. The second-order valence-electron chi connectivity index (χ2n) is 10.2. The highest BCUT2D eigenvalue weighted by Crippen LogP contribution is 2.41. The third-order valence-electron chi connectivity index (χ3n) is 7.67. The fourth-order valence-electron chi connectivity index (χ4n) is 5.64. The van der Waals surface area contributed by atoms with Gasteiger partial charge in [0.15, 0.2) is 0 Å². The third kappa shape index (κ3) is 5.62. The van der Waals surface area contributed by atoms with Crippen LogP contribution in [0.4, 0.5) is 0 Å². The van der Waals surface area contributed by atoms with E-state index in [9.17, 15) is 4.79 Å². The van der Waals surface area contributed by atoms with Crippen molar-refractivity contribution in [3.8, 4) is 11.6 Å². The van der Waals surface area contributed by atoms with Gasteiger partial charge in [-0.05, 0) is 43.4 Å². The maximum Gasteiger partial charge on any atom is 0.255 e. The summed E-state index contributed by atoms with van der Waals surface area (Å²) in [5.41, 5.74) is 6.00. The Balaban J connectivity index is 1.46.